The van der Waals surface area contributed by atoms with Gasteiger partial charge in [-0.1, -0.05) is 87.8 Å². The van der Waals surface area contributed by atoms with Gasteiger partial charge in [-0.25, -0.2) is 4.79 Å². The molecule has 2 heterocycles. The average Bonchev–Trinajstić information content (AvgIpc) is 3.36. The number of thiophene rings is 1. The number of hydrogen-bond acceptors (Lipinski definition) is 3. The predicted octanol–water partition coefficient (Wildman–Crippen LogP) is 8.39. The van der Waals surface area contributed by atoms with Crippen LogP contribution in [-0.2, 0) is 12.8 Å². The van der Waals surface area contributed by atoms with Crippen LogP contribution in [-0.4, -0.2) is 0 Å². The summed E-state index contributed by atoms with van der Waals surface area (Å²) >= 11 is 1.40. The van der Waals surface area contributed by atoms with Crippen molar-refractivity contribution in [3.8, 4) is 23.2 Å². The number of benzene rings is 2. The van der Waals surface area contributed by atoms with E-state index < -0.39 is 0 Å². The zero-order chi connectivity index (χ0) is 23.8. The third-order valence-corrected chi connectivity index (χ3v) is 7.08. The molecule has 34 heavy (non-hydrogen) atoms. The molecule has 0 atom stereocenters. The maximum absolute atomic E-state index is 12.6. The van der Waals surface area contributed by atoms with Gasteiger partial charge < -0.3 is 4.42 Å². The zero-order valence-electron chi connectivity index (χ0n) is 20.2. The Balaban J connectivity index is 1.65. The molecule has 0 aliphatic rings. The van der Waals surface area contributed by atoms with Crippen molar-refractivity contribution in [2.45, 2.75) is 65.2 Å². The van der Waals surface area contributed by atoms with Crippen molar-refractivity contribution in [2.75, 3.05) is 0 Å². The van der Waals surface area contributed by atoms with Gasteiger partial charge in [0, 0.05) is 16.5 Å². The SMILES string of the molecule is CCCCCc1ccc(C#Cc2c(-c3ccc(CCCCC)cc3)oc(=O)c3sccc23)cc1. The molecule has 3 heteroatoms. The van der Waals surface area contributed by atoms with Crippen LogP contribution in [0.4, 0.5) is 0 Å². The molecule has 0 aliphatic carbocycles. The summed E-state index contributed by atoms with van der Waals surface area (Å²) in [6, 6.07) is 18.9. The molecular weight excluding hydrogens is 436 g/mol. The van der Waals surface area contributed by atoms with E-state index in [-0.39, 0.29) is 5.63 Å². The molecule has 2 aromatic heterocycles. The van der Waals surface area contributed by atoms with E-state index in [1.807, 2.05) is 23.6 Å². The second-order valence-corrected chi connectivity index (χ2v) is 9.73. The topological polar surface area (TPSA) is 30.2 Å². The van der Waals surface area contributed by atoms with Crippen LogP contribution >= 0.6 is 11.3 Å². The summed E-state index contributed by atoms with van der Waals surface area (Å²) in [5, 5.41) is 2.80. The van der Waals surface area contributed by atoms with E-state index in [9.17, 15) is 4.79 Å². The van der Waals surface area contributed by atoms with Gasteiger partial charge in [-0.2, -0.15) is 0 Å². The van der Waals surface area contributed by atoms with Gasteiger partial charge in [0.1, 0.15) is 4.70 Å². The Labute approximate surface area is 206 Å². The highest BCUT2D eigenvalue weighted by Crippen LogP contribution is 2.30. The first kappa shape index (κ1) is 24.0. The van der Waals surface area contributed by atoms with E-state index in [1.54, 1.807) is 0 Å². The smallest absolute Gasteiger partial charge is 0.354 e. The first-order chi connectivity index (χ1) is 16.7. The molecule has 174 valence electrons. The van der Waals surface area contributed by atoms with E-state index in [0.29, 0.717) is 10.5 Å². The lowest BCUT2D eigenvalue weighted by molar-refractivity contribution is 0.534. The zero-order valence-corrected chi connectivity index (χ0v) is 21.0. The van der Waals surface area contributed by atoms with E-state index in [4.69, 9.17) is 4.42 Å². The quantitative estimate of drug-likeness (QED) is 0.182. The molecule has 0 spiro atoms. The lowest BCUT2D eigenvalue weighted by Gasteiger charge is -2.07. The fraction of sp³-hybridized carbons (Fsp3) is 0.323. The number of fused-ring (bicyclic) bond motifs is 1. The standard InChI is InChI=1S/C31H32O2S/c1-3-5-7-9-23-11-13-25(14-12-23)17-20-27-28-21-22-34-30(28)31(32)33-29(27)26-18-15-24(16-19-26)10-8-6-4-2/h11-16,18-19,21-22H,3-10H2,1-2H3. The maximum Gasteiger partial charge on any atom is 0.354 e. The van der Waals surface area contributed by atoms with Crippen molar-refractivity contribution in [3.05, 3.63) is 92.7 Å². The fourth-order valence-electron chi connectivity index (χ4n) is 4.17. The third-order valence-electron chi connectivity index (χ3n) is 6.18. The Morgan fingerprint density at radius 3 is 2.00 bits per heavy atom. The van der Waals surface area contributed by atoms with E-state index in [1.165, 1.54) is 61.0 Å². The summed E-state index contributed by atoms with van der Waals surface area (Å²) in [6.07, 6.45) is 9.56. The average molecular weight is 469 g/mol. The summed E-state index contributed by atoms with van der Waals surface area (Å²) in [5.41, 5.74) is 4.99. The first-order valence-electron chi connectivity index (χ1n) is 12.4. The number of hydrogen-bond donors (Lipinski definition) is 0. The number of aryl methyl sites for hydroxylation is 2. The number of unbranched alkanes of at least 4 members (excludes halogenated alkanes) is 4. The van der Waals surface area contributed by atoms with E-state index >= 15 is 0 Å². The van der Waals surface area contributed by atoms with Crippen LogP contribution in [0, 0.1) is 11.8 Å². The minimum atomic E-state index is -0.297. The molecule has 0 fully saturated rings. The van der Waals surface area contributed by atoms with E-state index in [2.05, 4.69) is 62.1 Å². The molecule has 4 aromatic rings. The van der Waals surface area contributed by atoms with Crippen LogP contribution < -0.4 is 5.63 Å². The molecule has 4 rings (SSSR count). The summed E-state index contributed by atoms with van der Waals surface area (Å²) < 4.78 is 6.44. The summed E-state index contributed by atoms with van der Waals surface area (Å²) in [5.74, 6) is 7.20. The highest BCUT2D eigenvalue weighted by molar-refractivity contribution is 7.17. The van der Waals surface area contributed by atoms with Gasteiger partial charge in [-0.15, -0.1) is 11.3 Å². The lowest BCUT2D eigenvalue weighted by atomic mass is 10.0. The van der Waals surface area contributed by atoms with Crippen molar-refractivity contribution in [1.82, 2.24) is 0 Å². The van der Waals surface area contributed by atoms with Gasteiger partial charge in [0.2, 0.25) is 0 Å². The Morgan fingerprint density at radius 1 is 0.765 bits per heavy atom. The molecule has 2 aromatic carbocycles. The van der Waals surface area contributed by atoms with Crippen molar-refractivity contribution < 1.29 is 4.42 Å². The lowest BCUT2D eigenvalue weighted by Crippen LogP contribution is -2.01. The van der Waals surface area contributed by atoms with Gasteiger partial charge in [-0.3, -0.25) is 0 Å². The summed E-state index contributed by atoms with van der Waals surface area (Å²) in [4.78, 5) is 12.6. The molecule has 0 bridgehead atoms. The molecule has 2 nitrogen and oxygen atoms in total. The molecule has 0 saturated carbocycles. The molecule has 0 unspecified atom stereocenters. The minimum absolute atomic E-state index is 0.297. The van der Waals surface area contributed by atoms with Gasteiger partial charge in [0.25, 0.3) is 0 Å². The van der Waals surface area contributed by atoms with Crippen molar-refractivity contribution in [2.24, 2.45) is 0 Å². The Bertz CT molecular complexity index is 1330. The molecule has 0 amide bonds. The Kier molecular flexibility index (Phi) is 8.39. The van der Waals surface area contributed by atoms with Crippen LogP contribution in [0.2, 0.25) is 0 Å². The highest BCUT2D eigenvalue weighted by Gasteiger charge is 2.15. The van der Waals surface area contributed by atoms with E-state index in [0.717, 1.165) is 34.9 Å². The van der Waals surface area contributed by atoms with Crippen LogP contribution in [0.1, 0.15) is 74.6 Å². The summed E-state index contributed by atoms with van der Waals surface area (Å²) in [7, 11) is 0. The molecular formula is C31H32O2S. The third kappa shape index (κ3) is 5.88. The Hall–Kier alpha value is -3.09. The molecule has 0 N–H and O–H groups in total. The highest BCUT2D eigenvalue weighted by atomic mass is 32.1. The van der Waals surface area contributed by atoms with Gasteiger partial charge in [-0.05, 0) is 60.4 Å². The molecule has 0 saturated heterocycles. The van der Waals surface area contributed by atoms with Crippen LogP contribution in [0.25, 0.3) is 21.4 Å². The minimum Gasteiger partial charge on any atom is -0.420 e. The van der Waals surface area contributed by atoms with Gasteiger partial charge >= 0.3 is 5.63 Å². The summed E-state index contributed by atoms with van der Waals surface area (Å²) in [6.45, 7) is 4.45. The largest absolute Gasteiger partial charge is 0.420 e. The van der Waals surface area contributed by atoms with Crippen LogP contribution in [0.3, 0.4) is 0 Å². The predicted molar refractivity (Wildman–Crippen MR) is 145 cm³/mol. The van der Waals surface area contributed by atoms with Gasteiger partial charge in [0.05, 0.1) is 5.56 Å². The second kappa shape index (κ2) is 11.9. The maximum atomic E-state index is 12.6. The second-order valence-electron chi connectivity index (χ2n) is 8.82. The fourth-order valence-corrected chi connectivity index (χ4v) is 4.95. The van der Waals surface area contributed by atoms with Gasteiger partial charge in [0.15, 0.2) is 5.76 Å². The van der Waals surface area contributed by atoms with Crippen LogP contribution in [0.5, 0.6) is 0 Å². The molecule has 0 aliphatic heterocycles. The number of rotatable bonds is 9. The monoisotopic (exact) mass is 468 g/mol. The van der Waals surface area contributed by atoms with Crippen molar-refractivity contribution >= 4 is 21.4 Å². The Morgan fingerprint density at radius 2 is 1.38 bits per heavy atom. The molecule has 0 radical (unpaired) electrons. The van der Waals surface area contributed by atoms with Crippen molar-refractivity contribution in [1.29, 1.82) is 0 Å². The van der Waals surface area contributed by atoms with Crippen molar-refractivity contribution in [3.63, 3.8) is 0 Å². The van der Waals surface area contributed by atoms with Crippen LogP contribution in [0.15, 0.2) is 69.2 Å². The first-order valence-corrected chi connectivity index (χ1v) is 13.3. The normalized spacial score (nSPS) is 10.9.